The minimum atomic E-state index is -0.0378. The standard InChI is InChI=1S/C16H29BrO2/c1-2-3-4-7-10-13-16(18)19-15-12-9-6-5-8-11-14-17/h6,9H,2-5,7-8,10-15H2,1H3. The molecule has 2 nitrogen and oxygen atoms in total. The second-order valence-electron chi connectivity index (χ2n) is 4.83. The Labute approximate surface area is 127 Å². The Morgan fingerprint density at radius 1 is 1.00 bits per heavy atom. The fourth-order valence-electron chi connectivity index (χ4n) is 1.78. The number of halogens is 1. The van der Waals surface area contributed by atoms with Gasteiger partial charge in [0.2, 0.25) is 0 Å². The van der Waals surface area contributed by atoms with Gasteiger partial charge in [0.05, 0.1) is 6.61 Å². The van der Waals surface area contributed by atoms with Crippen LogP contribution in [-0.4, -0.2) is 17.9 Å². The molecule has 0 amide bonds. The van der Waals surface area contributed by atoms with Gasteiger partial charge in [-0.05, 0) is 32.1 Å². The zero-order valence-corrected chi connectivity index (χ0v) is 13.9. The number of allylic oxidation sites excluding steroid dienone is 1. The summed E-state index contributed by atoms with van der Waals surface area (Å²) in [5.41, 5.74) is 0. The van der Waals surface area contributed by atoms with Crippen LogP contribution in [0.1, 0.15) is 71.1 Å². The van der Waals surface area contributed by atoms with Crippen molar-refractivity contribution >= 4 is 21.9 Å². The maximum Gasteiger partial charge on any atom is 0.305 e. The Hall–Kier alpha value is -0.310. The molecule has 0 unspecified atom stereocenters. The van der Waals surface area contributed by atoms with Gasteiger partial charge in [0.25, 0.3) is 0 Å². The van der Waals surface area contributed by atoms with E-state index in [0.29, 0.717) is 13.0 Å². The van der Waals surface area contributed by atoms with Gasteiger partial charge >= 0.3 is 5.97 Å². The normalized spacial score (nSPS) is 11.1. The predicted octanol–water partition coefficient (Wildman–Crippen LogP) is 5.40. The average Bonchev–Trinajstić information content (AvgIpc) is 2.41. The summed E-state index contributed by atoms with van der Waals surface area (Å²) in [6.07, 6.45) is 15.2. The minimum absolute atomic E-state index is 0.0378. The number of rotatable bonds is 13. The van der Waals surface area contributed by atoms with E-state index in [1.807, 2.05) is 0 Å². The lowest BCUT2D eigenvalue weighted by Crippen LogP contribution is -2.04. The molecule has 0 aliphatic rings. The van der Waals surface area contributed by atoms with E-state index in [0.717, 1.165) is 31.0 Å². The first-order chi connectivity index (χ1) is 9.31. The van der Waals surface area contributed by atoms with Crippen LogP contribution in [0, 0.1) is 0 Å². The molecule has 112 valence electrons. The van der Waals surface area contributed by atoms with Crippen LogP contribution in [0.5, 0.6) is 0 Å². The van der Waals surface area contributed by atoms with Gasteiger partial charge in [-0.25, -0.2) is 0 Å². The van der Waals surface area contributed by atoms with Crippen molar-refractivity contribution in [3.8, 4) is 0 Å². The van der Waals surface area contributed by atoms with Crippen molar-refractivity contribution in [3.63, 3.8) is 0 Å². The van der Waals surface area contributed by atoms with Gasteiger partial charge in [0, 0.05) is 11.8 Å². The summed E-state index contributed by atoms with van der Waals surface area (Å²) in [4.78, 5) is 11.4. The van der Waals surface area contributed by atoms with Crippen LogP contribution in [0.4, 0.5) is 0 Å². The Balaban J connectivity index is 3.24. The van der Waals surface area contributed by atoms with Gasteiger partial charge in [0.1, 0.15) is 0 Å². The molecule has 0 aromatic rings. The van der Waals surface area contributed by atoms with Crippen molar-refractivity contribution < 1.29 is 9.53 Å². The molecule has 0 saturated carbocycles. The third-order valence-corrected chi connectivity index (χ3v) is 3.51. The van der Waals surface area contributed by atoms with Gasteiger partial charge in [-0.15, -0.1) is 0 Å². The summed E-state index contributed by atoms with van der Waals surface area (Å²) in [6.45, 7) is 2.73. The highest BCUT2D eigenvalue weighted by molar-refractivity contribution is 9.09. The SMILES string of the molecule is CCCCCCCC(=O)OCCC=CCCCCBr. The van der Waals surface area contributed by atoms with E-state index >= 15 is 0 Å². The van der Waals surface area contributed by atoms with E-state index in [4.69, 9.17) is 4.74 Å². The van der Waals surface area contributed by atoms with Crippen molar-refractivity contribution in [1.82, 2.24) is 0 Å². The molecule has 19 heavy (non-hydrogen) atoms. The molecule has 0 aromatic heterocycles. The van der Waals surface area contributed by atoms with E-state index in [2.05, 4.69) is 35.0 Å². The molecular weight excluding hydrogens is 304 g/mol. The summed E-state index contributed by atoms with van der Waals surface area (Å²) in [6, 6.07) is 0. The van der Waals surface area contributed by atoms with Gasteiger partial charge in [-0.1, -0.05) is 60.7 Å². The number of alkyl halides is 1. The fraction of sp³-hybridized carbons (Fsp3) is 0.812. The molecular formula is C16H29BrO2. The number of carbonyl (C=O) groups is 1. The molecule has 0 heterocycles. The maximum atomic E-state index is 11.4. The molecule has 0 spiro atoms. The van der Waals surface area contributed by atoms with Crippen LogP contribution in [0.15, 0.2) is 12.2 Å². The van der Waals surface area contributed by atoms with E-state index in [1.54, 1.807) is 0 Å². The largest absolute Gasteiger partial charge is 0.465 e. The molecule has 0 radical (unpaired) electrons. The average molecular weight is 333 g/mol. The molecule has 0 aliphatic carbocycles. The number of ether oxygens (including phenoxy) is 1. The first-order valence-electron chi connectivity index (χ1n) is 7.67. The summed E-state index contributed by atoms with van der Waals surface area (Å²) < 4.78 is 5.18. The first-order valence-corrected chi connectivity index (χ1v) is 8.80. The van der Waals surface area contributed by atoms with Gasteiger partial charge in [-0.2, -0.15) is 0 Å². The lowest BCUT2D eigenvalue weighted by atomic mass is 10.1. The molecule has 0 aromatic carbocycles. The van der Waals surface area contributed by atoms with Gasteiger partial charge in [-0.3, -0.25) is 4.79 Å². The first kappa shape index (κ1) is 18.7. The molecule has 3 heteroatoms. The third kappa shape index (κ3) is 15.6. The van der Waals surface area contributed by atoms with Crippen molar-refractivity contribution in [1.29, 1.82) is 0 Å². The van der Waals surface area contributed by atoms with Crippen LogP contribution in [0.2, 0.25) is 0 Å². The van der Waals surface area contributed by atoms with Crippen molar-refractivity contribution in [2.24, 2.45) is 0 Å². The summed E-state index contributed by atoms with van der Waals surface area (Å²) in [5.74, 6) is -0.0378. The molecule has 0 aliphatic heterocycles. The van der Waals surface area contributed by atoms with E-state index in [9.17, 15) is 4.79 Å². The van der Waals surface area contributed by atoms with Crippen LogP contribution in [0.3, 0.4) is 0 Å². The number of esters is 1. The van der Waals surface area contributed by atoms with Gasteiger partial charge in [0.15, 0.2) is 0 Å². The summed E-state index contributed by atoms with van der Waals surface area (Å²) in [5, 5.41) is 1.08. The van der Waals surface area contributed by atoms with Crippen LogP contribution >= 0.6 is 15.9 Å². The maximum absolute atomic E-state index is 11.4. The monoisotopic (exact) mass is 332 g/mol. The number of hydrogen-bond acceptors (Lipinski definition) is 2. The Kier molecular flexibility index (Phi) is 15.5. The van der Waals surface area contributed by atoms with E-state index in [1.165, 1.54) is 32.1 Å². The van der Waals surface area contributed by atoms with Crippen LogP contribution in [-0.2, 0) is 9.53 Å². The molecule has 0 bridgehead atoms. The van der Waals surface area contributed by atoms with Crippen molar-refractivity contribution in [3.05, 3.63) is 12.2 Å². The highest BCUT2D eigenvalue weighted by Gasteiger charge is 2.01. The number of carbonyl (C=O) groups excluding carboxylic acids is 1. The van der Waals surface area contributed by atoms with Crippen molar-refractivity contribution in [2.75, 3.05) is 11.9 Å². The van der Waals surface area contributed by atoms with Crippen LogP contribution < -0.4 is 0 Å². The number of hydrogen-bond donors (Lipinski definition) is 0. The van der Waals surface area contributed by atoms with Crippen LogP contribution in [0.25, 0.3) is 0 Å². The zero-order valence-electron chi connectivity index (χ0n) is 12.3. The highest BCUT2D eigenvalue weighted by Crippen LogP contribution is 2.06. The molecule has 0 N–H and O–H groups in total. The summed E-state index contributed by atoms with van der Waals surface area (Å²) in [7, 11) is 0. The van der Waals surface area contributed by atoms with E-state index < -0.39 is 0 Å². The second-order valence-corrected chi connectivity index (χ2v) is 5.62. The highest BCUT2D eigenvalue weighted by atomic mass is 79.9. The second kappa shape index (κ2) is 15.7. The topological polar surface area (TPSA) is 26.3 Å². The van der Waals surface area contributed by atoms with Crippen molar-refractivity contribution in [2.45, 2.75) is 71.1 Å². The Morgan fingerprint density at radius 2 is 1.74 bits per heavy atom. The van der Waals surface area contributed by atoms with E-state index in [-0.39, 0.29) is 5.97 Å². The number of unbranched alkanes of at least 4 members (excludes halogenated alkanes) is 6. The molecule has 0 saturated heterocycles. The predicted molar refractivity (Wildman–Crippen MR) is 85.7 cm³/mol. The van der Waals surface area contributed by atoms with Gasteiger partial charge < -0.3 is 4.74 Å². The smallest absolute Gasteiger partial charge is 0.305 e. The fourth-order valence-corrected chi connectivity index (χ4v) is 2.17. The molecule has 0 fully saturated rings. The molecule has 0 atom stereocenters. The summed E-state index contributed by atoms with van der Waals surface area (Å²) >= 11 is 3.41. The zero-order chi connectivity index (χ0) is 14.2. The lowest BCUT2D eigenvalue weighted by Gasteiger charge is -2.03. The third-order valence-electron chi connectivity index (χ3n) is 2.95. The lowest BCUT2D eigenvalue weighted by molar-refractivity contribution is -0.143. The Morgan fingerprint density at radius 3 is 2.47 bits per heavy atom. The minimum Gasteiger partial charge on any atom is -0.465 e. The quantitative estimate of drug-likeness (QED) is 0.195. The molecule has 0 rings (SSSR count). The Bertz CT molecular complexity index is 227.